The van der Waals surface area contributed by atoms with Crippen molar-refractivity contribution in [3.05, 3.63) is 25.6 Å². The summed E-state index contributed by atoms with van der Waals surface area (Å²) in [5.41, 5.74) is -1.73. The van der Waals surface area contributed by atoms with Gasteiger partial charge in [-0.3, -0.25) is 14.9 Å². The van der Waals surface area contributed by atoms with E-state index in [0.29, 0.717) is 0 Å². The van der Waals surface area contributed by atoms with Crippen LogP contribution in [0, 0.1) is 13.7 Å². The van der Waals surface area contributed by atoms with Crippen molar-refractivity contribution in [2.75, 3.05) is 0 Å². The monoisotopic (exact) mass is 362 g/mol. The van der Waals surface area contributed by atoms with Crippen LogP contribution >= 0.6 is 22.6 Å². The van der Waals surface area contributed by atoms with Crippen LogP contribution in [0.15, 0.2) is 6.20 Å². The summed E-state index contributed by atoms with van der Waals surface area (Å²) < 4.78 is 39.4. The Balaban J connectivity index is 3.45. The van der Waals surface area contributed by atoms with Crippen molar-refractivity contribution >= 4 is 34.6 Å². The first-order chi connectivity index (χ1) is 7.76. The van der Waals surface area contributed by atoms with Gasteiger partial charge >= 0.3 is 12.0 Å². The summed E-state index contributed by atoms with van der Waals surface area (Å²) in [6, 6.07) is 0. The first-order valence-corrected chi connectivity index (χ1v) is 4.88. The Morgan fingerprint density at radius 3 is 2.53 bits per heavy atom. The fourth-order valence-corrected chi connectivity index (χ4v) is 1.53. The Hall–Kier alpha value is -1.46. The van der Waals surface area contributed by atoms with Gasteiger partial charge in [-0.15, -0.1) is 13.2 Å². The highest BCUT2D eigenvalue weighted by Crippen LogP contribution is 2.36. The van der Waals surface area contributed by atoms with E-state index in [4.69, 9.17) is 0 Å². The zero-order valence-corrected chi connectivity index (χ0v) is 9.85. The van der Waals surface area contributed by atoms with E-state index in [2.05, 4.69) is 9.72 Å². The topological polar surface area (TPSA) is 82.3 Å². The molecule has 0 aromatic carbocycles. The lowest BCUT2D eigenvalue weighted by Gasteiger charge is -2.10. The maximum absolute atomic E-state index is 12.0. The number of halogens is 4. The van der Waals surface area contributed by atoms with Gasteiger partial charge in [0, 0.05) is 6.20 Å². The van der Waals surface area contributed by atoms with E-state index in [-0.39, 0.29) is 9.86 Å². The van der Waals surface area contributed by atoms with Crippen LogP contribution in [0.3, 0.4) is 0 Å². The standard InChI is InChI=1S/C7H2F3IN2O4/c8-7(9,10)17-6-4(2-14)12-1-3(11)5(6)13(15)16/h1-2H. The molecule has 0 aliphatic rings. The van der Waals surface area contributed by atoms with E-state index in [1.807, 2.05) is 0 Å². The molecule has 0 saturated heterocycles. The predicted molar refractivity (Wildman–Crippen MR) is 55.7 cm³/mol. The van der Waals surface area contributed by atoms with Gasteiger partial charge in [-0.2, -0.15) is 0 Å². The smallest absolute Gasteiger partial charge is 0.396 e. The number of nitro groups is 1. The Morgan fingerprint density at radius 1 is 1.53 bits per heavy atom. The molecular weight excluding hydrogens is 360 g/mol. The molecule has 0 atom stereocenters. The number of carbonyl (C=O) groups is 1. The fraction of sp³-hybridized carbons (Fsp3) is 0.143. The Kier molecular flexibility index (Phi) is 3.85. The number of rotatable bonds is 3. The van der Waals surface area contributed by atoms with Gasteiger partial charge in [-0.05, 0) is 22.6 Å². The van der Waals surface area contributed by atoms with Crippen LogP contribution in [-0.2, 0) is 0 Å². The molecule has 0 saturated carbocycles. The summed E-state index contributed by atoms with van der Waals surface area (Å²) in [5, 5.41) is 10.6. The minimum absolute atomic E-state index is 0.0514. The number of ether oxygens (including phenoxy) is 1. The zero-order valence-electron chi connectivity index (χ0n) is 7.69. The third-order valence-electron chi connectivity index (χ3n) is 1.50. The molecule has 0 aliphatic carbocycles. The number of alkyl halides is 3. The first-order valence-electron chi connectivity index (χ1n) is 3.80. The van der Waals surface area contributed by atoms with E-state index < -0.39 is 28.4 Å². The summed E-state index contributed by atoms with van der Waals surface area (Å²) in [6.45, 7) is 0. The quantitative estimate of drug-likeness (QED) is 0.357. The average molecular weight is 362 g/mol. The van der Waals surface area contributed by atoms with Crippen molar-refractivity contribution in [3.8, 4) is 5.75 Å². The van der Waals surface area contributed by atoms with Crippen LogP contribution in [0.25, 0.3) is 0 Å². The number of aromatic nitrogens is 1. The van der Waals surface area contributed by atoms with Crippen LogP contribution in [0.4, 0.5) is 18.9 Å². The lowest BCUT2D eigenvalue weighted by atomic mass is 10.3. The summed E-state index contributed by atoms with van der Waals surface area (Å²) >= 11 is 1.42. The van der Waals surface area contributed by atoms with Crippen molar-refractivity contribution < 1.29 is 27.6 Å². The maximum atomic E-state index is 12.0. The van der Waals surface area contributed by atoms with Gasteiger partial charge in [-0.25, -0.2) is 4.98 Å². The highest BCUT2D eigenvalue weighted by atomic mass is 127. The molecule has 6 nitrogen and oxygen atoms in total. The van der Waals surface area contributed by atoms with Crippen LogP contribution in [-0.4, -0.2) is 22.6 Å². The van der Waals surface area contributed by atoms with Gasteiger partial charge in [0.05, 0.1) is 4.92 Å². The van der Waals surface area contributed by atoms with Crippen LogP contribution in [0.5, 0.6) is 5.75 Å². The molecule has 1 aromatic rings. The van der Waals surface area contributed by atoms with Gasteiger partial charge in [0.25, 0.3) is 0 Å². The molecule has 0 spiro atoms. The third kappa shape index (κ3) is 3.25. The van der Waals surface area contributed by atoms with Gasteiger partial charge in [0.1, 0.15) is 3.57 Å². The van der Waals surface area contributed by atoms with Crippen LogP contribution in [0.1, 0.15) is 10.5 Å². The number of aldehydes is 1. The van der Waals surface area contributed by atoms with E-state index in [1.165, 1.54) is 22.6 Å². The van der Waals surface area contributed by atoms with Gasteiger partial charge in [0.2, 0.25) is 5.75 Å². The molecule has 0 N–H and O–H groups in total. The van der Waals surface area contributed by atoms with Crippen molar-refractivity contribution in [1.29, 1.82) is 0 Å². The number of pyridine rings is 1. The molecule has 17 heavy (non-hydrogen) atoms. The summed E-state index contributed by atoms with van der Waals surface area (Å²) in [6.07, 6.45) is -4.29. The highest BCUT2D eigenvalue weighted by molar-refractivity contribution is 14.1. The molecule has 0 amide bonds. The number of nitrogens with zero attached hydrogens (tertiary/aromatic N) is 2. The molecule has 10 heteroatoms. The van der Waals surface area contributed by atoms with E-state index in [0.717, 1.165) is 6.20 Å². The molecule has 0 radical (unpaired) electrons. The van der Waals surface area contributed by atoms with Crippen LogP contribution < -0.4 is 4.74 Å². The van der Waals surface area contributed by atoms with Gasteiger partial charge in [0.15, 0.2) is 12.0 Å². The second-order valence-corrected chi connectivity index (χ2v) is 3.75. The molecule has 0 aliphatic heterocycles. The number of hydrogen-bond donors (Lipinski definition) is 0. The van der Waals surface area contributed by atoms with E-state index in [9.17, 15) is 28.1 Å². The van der Waals surface area contributed by atoms with Crippen molar-refractivity contribution in [1.82, 2.24) is 4.98 Å². The fourth-order valence-electron chi connectivity index (χ4n) is 0.946. The van der Waals surface area contributed by atoms with E-state index >= 15 is 0 Å². The Morgan fingerprint density at radius 2 is 2.12 bits per heavy atom. The molecular formula is C7H2F3IN2O4. The summed E-state index contributed by atoms with van der Waals surface area (Å²) in [7, 11) is 0. The minimum atomic E-state index is -5.14. The molecule has 0 bridgehead atoms. The normalized spacial score (nSPS) is 11.1. The van der Waals surface area contributed by atoms with Crippen molar-refractivity contribution in [2.24, 2.45) is 0 Å². The van der Waals surface area contributed by atoms with Gasteiger partial charge < -0.3 is 4.74 Å². The average Bonchev–Trinajstić information content (AvgIpc) is 2.15. The van der Waals surface area contributed by atoms with Gasteiger partial charge in [-0.1, -0.05) is 0 Å². The lowest BCUT2D eigenvalue weighted by Crippen LogP contribution is -2.19. The third-order valence-corrected chi connectivity index (χ3v) is 2.29. The molecule has 0 fully saturated rings. The number of carbonyl (C=O) groups excluding carboxylic acids is 1. The summed E-state index contributed by atoms with van der Waals surface area (Å²) in [5.74, 6) is -1.20. The Bertz CT molecular complexity index is 477. The largest absolute Gasteiger partial charge is 0.573 e. The van der Waals surface area contributed by atoms with Crippen molar-refractivity contribution in [2.45, 2.75) is 6.36 Å². The summed E-state index contributed by atoms with van der Waals surface area (Å²) in [4.78, 5) is 23.3. The zero-order chi connectivity index (χ0) is 13.2. The predicted octanol–water partition coefficient (Wildman–Crippen LogP) is 2.31. The molecule has 1 aromatic heterocycles. The molecule has 1 rings (SSSR count). The van der Waals surface area contributed by atoms with Crippen molar-refractivity contribution in [3.63, 3.8) is 0 Å². The minimum Gasteiger partial charge on any atom is -0.396 e. The highest BCUT2D eigenvalue weighted by Gasteiger charge is 2.37. The second kappa shape index (κ2) is 4.81. The molecule has 1 heterocycles. The molecule has 0 unspecified atom stereocenters. The SMILES string of the molecule is O=Cc1ncc(I)c([N+](=O)[O-])c1OC(F)(F)F. The Labute approximate surface area is 105 Å². The maximum Gasteiger partial charge on any atom is 0.573 e. The van der Waals surface area contributed by atoms with Crippen LogP contribution in [0.2, 0.25) is 0 Å². The molecule has 92 valence electrons. The first kappa shape index (κ1) is 13.6. The lowest BCUT2D eigenvalue weighted by molar-refractivity contribution is -0.389. The van der Waals surface area contributed by atoms with E-state index in [1.54, 1.807) is 0 Å². The number of hydrogen-bond acceptors (Lipinski definition) is 5. The second-order valence-electron chi connectivity index (χ2n) is 2.59.